The van der Waals surface area contributed by atoms with Gasteiger partial charge in [-0.1, -0.05) is 18.2 Å². The quantitative estimate of drug-likeness (QED) is 0.570. The first-order valence-electron chi connectivity index (χ1n) is 11.4. The average Bonchev–Trinajstić information content (AvgIpc) is 3.25. The van der Waals surface area contributed by atoms with Gasteiger partial charge >= 0.3 is 5.97 Å². The smallest absolute Gasteiger partial charge is 0.340 e. The molecule has 0 aliphatic carbocycles. The molecule has 1 N–H and O–H groups in total. The Balaban J connectivity index is 1.85. The number of hydrogen-bond donors (Lipinski definition) is 1. The van der Waals surface area contributed by atoms with Gasteiger partial charge in [0.2, 0.25) is 9.84 Å². The lowest BCUT2D eigenvalue weighted by molar-refractivity contribution is 0.00675. The number of carbonyl (C=O) groups is 1. The van der Waals surface area contributed by atoms with Gasteiger partial charge in [0.05, 0.1) is 15.4 Å². The Kier molecular flexibility index (Phi) is 4.99. The number of nitrogens with zero attached hydrogens (tertiary/aromatic N) is 1. The first-order valence-corrected chi connectivity index (χ1v) is 12.9. The molecule has 3 aromatic rings. The standard InChI is InChI=1S/C26H30N2O4S/c1-15-8-6-7-9-20(15)33(30,31)21-13-12-18-23(24(21)25(29)32-26(2,3)4)22-17-11-10-16(27-17)14-19(22)28(18)5/h6-9,12-13,16-17,27H,10-11,14H2,1-5H3. The van der Waals surface area contributed by atoms with Crippen molar-refractivity contribution in [1.29, 1.82) is 0 Å². The third-order valence-corrected chi connectivity index (χ3v) is 8.75. The molecule has 0 radical (unpaired) electrons. The normalized spacial score (nSPS) is 20.2. The number of aromatic nitrogens is 1. The summed E-state index contributed by atoms with van der Waals surface area (Å²) in [7, 11) is -1.95. The minimum absolute atomic E-state index is 0.00655. The Bertz CT molecular complexity index is 1400. The number of fused-ring (bicyclic) bond motifs is 6. The molecular weight excluding hydrogens is 436 g/mol. The van der Waals surface area contributed by atoms with E-state index in [9.17, 15) is 13.2 Å². The van der Waals surface area contributed by atoms with E-state index in [1.165, 1.54) is 5.69 Å². The van der Waals surface area contributed by atoms with Crippen LogP contribution in [0.4, 0.5) is 0 Å². The van der Waals surface area contributed by atoms with Crippen molar-refractivity contribution in [2.45, 2.75) is 74.4 Å². The van der Waals surface area contributed by atoms with E-state index in [-0.39, 0.29) is 21.4 Å². The summed E-state index contributed by atoms with van der Waals surface area (Å²) in [6.07, 6.45) is 2.91. The molecule has 2 bridgehead atoms. The number of carbonyl (C=O) groups excluding carboxylic acids is 1. The van der Waals surface area contributed by atoms with E-state index >= 15 is 0 Å². The molecule has 5 rings (SSSR count). The van der Waals surface area contributed by atoms with Gasteiger partial charge in [0.15, 0.2) is 0 Å². The summed E-state index contributed by atoms with van der Waals surface area (Å²) in [6, 6.07) is 10.8. The molecule has 0 amide bonds. The fourth-order valence-corrected chi connectivity index (χ4v) is 7.08. The molecule has 3 heterocycles. The van der Waals surface area contributed by atoms with Crippen molar-refractivity contribution in [3.8, 4) is 0 Å². The van der Waals surface area contributed by atoms with Gasteiger partial charge in [0.1, 0.15) is 5.60 Å². The Morgan fingerprint density at radius 2 is 1.82 bits per heavy atom. The summed E-state index contributed by atoms with van der Waals surface area (Å²) in [5, 5.41) is 4.35. The van der Waals surface area contributed by atoms with Crippen molar-refractivity contribution in [1.82, 2.24) is 9.88 Å². The predicted octanol–water partition coefficient (Wildman–Crippen LogP) is 4.62. The molecule has 1 saturated heterocycles. The lowest BCUT2D eigenvalue weighted by atomic mass is 9.96. The summed E-state index contributed by atoms with van der Waals surface area (Å²) in [5.74, 6) is -0.603. The average molecular weight is 467 g/mol. The zero-order chi connectivity index (χ0) is 23.7. The molecule has 7 heteroatoms. The van der Waals surface area contributed by atoms with Crippen LogP contribution in [0.25, 0.3) is 10.9 Å². The summed E-state index contributed by atoms with van der Waals surface area (Å²) in [6.45, 7) is 7.16. The number of benzene rings is 2. The number of rotatable bonds is 3. The van der Waals surface area contributed by atoms with Crippen LogP contribution in [0.2, 0.25) is 0 Å². The highest BCUT2D eigenvalue weighted by Crippen LogP contribution is 2.44. The van der Waals surface area contributed by atoms with E-state index in [1.54, 1.807) is 52.0 Å². The summed E-state index contributed by atoms with van der Waals surface area (Å²) in [4.78, 5) is 13.9. The predicted molar refractivity (Wildman–Crippen MR) is 127 cm³/mol. The third-order valence-electron chi connectivity index (χ3n) is 6.80. The Morgan fingerprint density at radius 1 is 1.09 bits per heavy atom. The van der Waals surface area contributed by atoms with Crippen LogP contribution in [0.1, 0.15) is 66.8 Å². The maximum absolute atomic E-state index is 13.9. The fraction of sp³-hybridized carbons (Fsp3) is 0.423. The minimum Gasteiger partial charge on any atom is -0.456 e. The van der Waals surface area contributed by atoms with E-state index in [4.69, 9.17) is 4.74 Å². The van der Waals surface area contributed by atoms with Crippen molar-refractivity contribution >= 4 is 26.7 Å². The van der Waals surface area contributed by atoms with Gasteiger partial charge in [-0.3, -0.25) is 0 Å². The van der Waals surface area contributed by atoms with Gasteiger partial charge in [-0.2, -0.15) is 0 Å². The maximum atomic E-state index is 13.9. The van der Waals surface area contributed by atoms with Crippen LogP contribution in [0.3, 0.4) is 0 Å². The number of nitrogens with one attached hydrogen (secondary N) is 1. The highest BCUT2D eigenvalue weighted by atomic mass is 32.2. The molecule has 2 aliphatic rings. The van der Waals surface area contributed by atoms with Gasteiger partial charge in [-0.25, -0.2) is 13.2 Å². The molecule has 33 heavy (non-hydrogen) atoms. The van der Waals surface area contributed by atoms with Gasteiger partial charge in [-0.05, 0) is 69.9 Å². The molecule has 0 spiro atoms. The minimum atomic E-state index is -3.95. The summed E-state index contributed by atoms with van der Waals surface area (Å²) >= 11 is 0. The van der Waals surface area contributed by atoms with Crippen molar-refractivity contribution in [3.05, 3.63) is 58.8 Å². The van der Waals surface area contributed by atoms with Gasteiger partial charge in [-0.15, -0.1) is 0 Å². The Morgan fingerprint density at radius 3 is 2.52 bits per heavy atom. The van der Waals surface area contributed by atoms with E-state index in [0.717, 1.165) is 30.3 Å². The van der Waals surface area contributed by atoms with Gasteiger partial charge < -0.3 is 14.6 Å². The first kappa shape index (κ1) is 22.2. The topological polar surface area (TPSA) is 77.4 Å². The maximum Gasteiger partial charge on any atom is 0.340 e. The van der Waals surface area contributed by atoms with Crippen molar-refractivity contribution in [3.63, 3.8) is 0 Å². The van der Waals surface area contributed by atoms with Crippen LogP contribution in [0.5, 0.6) is 0 Å². The molecule has 1 fully saturated rings. The zero-order valence-electron chi connectivity index (χ0n) is 19.7. The molecular formula is C26H30N2O4S. The molecule has 2 atom stereocenters. The van der Waals surface area contributed by atoms with E-state index in [0.29, 0.717) is 17.0 Å². The van der Waals surface area contributed by atoms with Gasteiger partial charge in [0, 0.05) is 42.1 Å². The third kappa shape index (κ3) is 3.49. The number of esters is 1. The fourth-order valence-electron chi connectivity index (χ4n) is 5.39. The van der Waals surface area contributed by atoms with Crippen LogP contribution in [-0.2, 0) is 28.0 Å². The van der Waals surface area contributed by atoms with Crippen LogP contribution in [0, 0.1) is 6.92 Å². The van der Waals surface area contributed by atoms with Crippen molar-refractivity contribution in [2.75, 3.05) is 0 Å². The number of aryl methyl sites for hydroxylation is 2. The highest BCUT2D eigenvalue weighted by molar-refractivity contribution is 7.91. The molecule has 6 nitrogen and oxygen atoms in total. The van der Waals surface area contributed by atoms with E-state index in [2.05, 4.69) is 9.88 Å². The Hall–Kier alpha value is -2.64. The zero-order valence-corrected chi connectivity index (χ0v) is 20.5. The van der Waals surface area contributed by atoms with Crippen LogP contribution in [0.15, 0.2) is 46.2 Å². The van der Waals surface area contributed by atoms with Crippen LogP contribution < -0.4 is 5.32 Å². The number of ether oxygens (including phenoxy) is 1. The lowest BCUT2D eigenvalue weighted by Crippen LogP contribution is -2.32. The van der Waals surface area contributed by atoms with Crippen LogP contribution in [-0.4, -0.2) is 30.6 Å². The molecule has 2 aliphatic heterocycles. The monoisotopic (exact) mass is 466 g/mol. The second-order valence-corrected chi connectivity index (χ2v) is 12.1. The highest BCUT2D eigenvalue weighted by Gasteiger charge is 2.39. The van der Waals surface area contributed by atoms with E-state index < -0.39 is 21.4 Å². The summed E-state index contributed by atoms with van der Waals surface area (Å²) in [5.41, 5.74) is 3.11. The largest absolute Gasteiger partial charge is 0.456 e. The van der Waals surface area contributed by atoms with Crippen LogP contribution >= 0.6 is 0 Å². The molecule has 2 aromatic carbocycles. The van der Waals surface area contributed by atoms with Crippen molar-refractivity contribution < 1.29 is 17.9 Å². The Labute approximate surface area is 194 Å². The van der Waals surface area contributed by atoms with E-state index in [1.807, 2.05) is 19.2 Å². The lowest BCUT2D eigenvalue weighted by Gasteiger charge is -2.24. The summed E-state index contributed by atoms with van der Waals surface area (Å²) < 4.78 is 35.7. The number of sulfone groups is 1. The SMILES string of the molecule is Cc1ccccc1S(=O)(=O)c1ccc2c(c1C(=O)OC(C)(C)C)c1c(n2C)CC2CCC1N2. The molecule has 0 saturated carbocycles. The first-order chi connectivity index (χ1) is 15.5. The number of hydrogen-bond acceptors (Lipinski definition) is 5. The molecule has 2 unspecified atom stereocenters. The molecule has 1 aromatic heterocycles. The van der Waals surface area contributed by atoms with Crippen molar-refractivity contribution in [2.24, 2.45) is 7.05 Å². The second kappa shape index (κ2) is 7.43. The molecule has 174 valence electrons. The second-order valence-electron chi connectivity index (χ2n) is 10.2. The van der Waals surface area contributed by atoms with Gasteiger partial charge in [0.25, 0.3) is 0 Å².